The molecule has 31 heavy (non-hydrogen) atoms. The van der Waals surface area contributed by atoms with Crippen molar-refractivity contribution in [3.8, 4) is 5.75 Å². The van der Waals surface area contributed by atoms with Crippen molar-refractivity contribution in [3.63, 3.8) is 0 Å². The molecule has 2 N–H and O–H groups in total. The van der Waals surface area contributed by atoms with Gasteiger partial charge in [0.2, 0.25) is 0 Å². The largest absolute Gasteiger partial charge is 0.478 e. The molecule has 0 saturated heterocycles. The lowest BCUT2D eigenvalue weighted by Gasteiger charge is -2.25. The molecule has 7 nitrogen and oxygen atoms in total. The molecule has 3 aromatic rings. The molecule has 1 aliphatic rings. The smallest absolute Gasteiger partial charge is 0.310 e. The van der Waals surface area contributed by atoms with Gasteiger partial charge in [0.05, 0.1) is 12.1 Å². The Morgan fingerprint density at radius 3 is 2.42 bits per heavy atom. The SMILES string of the molecule is O=C(CC1Oc2ccccc2NC1=O)OCc1ccc(C(=O)Nc2ccccc2)cc1. The van der Waals surface area contributed by atoms with Gasteiger partial charge in [-0.2, -0.15) is 0 Å². The number of anilines is 2. The summed E-state index contributed by atoms with van der Waals surface area (Å²) in [5.74, 6) is -0.644. The molecule has 0 bridgehead atoms. The van der Waals surface area contributed by atoms with Gasteiger partial charge in [-0.1, -0.05) is 42.5 Å². The van der Waals surface area contributed by atoms with Gasteiger partial charge < -0.3 is 20.1 Å². The minimum atomic E-state index is -0.938. The molecule has 7 heteroatoms. The normalized spacial score (nSPS) is 14.6. The topological polar surface area (TPSA) is 93.7 Å². The summed E-state index contributed by atoms with van der Waals surface area (Å²) in [6, 6.07) is 22.9. The number of rotatable bonds is 6. The van der Waals surface area contributed by atoms with E-state index in [0.717, 1.165) is 5.56 Å². The van der Waals surface area contributed by atoms with Crippen molar-refractivity contribution in [1.29, 1.82) is 0 Å². The third-order valence-electron chi connectivity index (χ3n) is 4.71. The number of para-hydroxylation sites is 3. The molecule has 0 aromatic heterocycles. The quantitative estimate of drug-likeness (QED) is 0.597. The van der Waals surface area contributed by atoms with Crippen LogP contribution in [0.2, 0.25) is 0 Å². The van der Waals surface area contributed by atoms with Gasteiger partial charge in [-0.3, -0.25) is 14.4 Å². The standard InChI is InChI=1S/C24H20N2O5/c27-22(14-21-24(29)26-19-8-4-5-9-20(19)31-21)30-15-16-10-12-17(13-11-16)23(28)25-18-6-2-1-3-7-18/h1-13,21H,14-15H2,(H,25,28)(H,26,29). The fourth-order valence-corrected chi connectivity index (χ4v) is 3.08. The van der Waals surface area contributed by atoms with Crippen LogP contribution in [0.3, 0.4) is 0 Å². The first kappa shape index (κ1) is 20.2. The zero-order valence-electron chi connectivity index (χ0n) is 16.5. The highest BCUT2D eigenvalue weighted by molar-refractivity contribution is 6.04. The summed E-state index contributed by atoms with van der Waals surface area (Å²) < 4.78 is 10.9. The lowest BCUT2D eigenvalue weighted by atomic mass is 10.1. The summed E-state index contributed by atoms with van der Waals surface area (Å²) >= 11 is 0. The van der Waals surface area contributed by atoms with E-state index in [4.69, 9.17) is 9.47 Å². The molecule has 1 aliphatic heterocycles. The van der Waals surface area contributed by atoms with Crippen LogP contribution in [0.5, 0.6) is 5.75 Å². The molecule has 1 atom stereocenters. The summed E-state index contributed by atoms with van der Waals surface area (Å²) in [5, 5.41) is 5.52. The monoisotopic (exact) mass is 416 g/mol. The lowest BCUT2D eigenvalue weighted by Crippen LogP contribution is -2.38. The van der Waals surface area contributed by atoms with E-state index >= 15 is 0 Å². The van der Waals surface area contributed by atoms with E-state index < -0.39 is 12.1 Å². The maximum absolute atomic E-state index is 12.3. The van der Waals surface area contributed by atoms with E-state index in [1.165, 1.54) is 0 Å². The van der Waals surface area contributed by atoms with Crippen molar-refractivity contribution in [2.24, 2.45) is 0 Å². The van der Waals surface area contributed by atoms with Gasteiger partial charge in [0.25, 0.3) is 11.8 Å². The first-order chi connectivity index (χ1) is 15.1. The average Bonchev–Trinajstić information content (AvgIpc) is 2.79. The average molecular weight is 416 g/mol. The Labute approximate surface area is 179 Å². The second kappa shape index (κ2) is 9.13. The van der Waals surface area contributed by atoms with E-state index in [1.807, 2.05) is 18.2 Å². The van der Waals surface area contributed by atoms with Crippen LogP contribution < -0.4 is 15.4 Å². The minimum absolute atomic E-state index is 0.0321. The van der Waals surface area contributed by atoms with Crippen LogP contribution in [0.25, 0.3) is 0 Å². The first-order valence-corrected chi connectivity index (χ1v) is 9.76. The molecular formula is C24H20N2O5. The van der Waals surface area contributed by atoms with E-state index in [2.05, 4.69) is 10.6 Å². The highest BCUT2D eigenvalue weighted by atomic mass is 16.5. The number of benzene rings is 3. The van der Waals surface area contributed by atoms with Crippen molar-refractivity contribution in [3.05, 3.63) is 90.0 Å². The number of esters is 1. The molecule has 0 aliphatic carbocycles. The third kappa shape index (κ3) is 5.08. The Morgan fingerprint density at radius 1 is 0.935 bits per heavy atom. The van der Waals surface area contributed by atoms with Crippen molar-refractivity contribution >= 4 is 29.2 Å². The van der Waals surface area contributed by atoms with Crippen molar-refractivity contribution in [1.82, 2.24) is 0 Å². The summed E-state index contributed by atoms with van der Waals surface area (Å²) in [6.45, 7) is 0.0321. The first-order valence-electron chi connectivity index (χ1n) is 9.76. The Bertz CT molecular complexity index is 1100. The second-order valence-electron chi connectivity index (χ2n) is 6.97. The van der Waals surface area contributed by atoms with E-state index in [0.29, 0.717) is 22.7 Å². The zero-order valence-corrected chi connectivity index (χ0v) is 16.5. The van der Waals surface area contributed by atoms with Gasteiger partial charge in [-0.15, -0.1) is 0 Å². The second-order valence-corrected chi connectivity index (χ2v) is 6.97. The number of hydrogen-bond donors (Lipinski definition) is 2. The van der Waals surface area contributed by atoms with Crippen LogP contribution in [0.1, 0.15) is 22.3 Å². The Hall–Kier alpha value is -4.13. The number of hydrogen-bond acceptors (Lipinski definition) is 5. The van der Waals surface area contributed by atoms with Gasteiger partial charge in [0.1, 0.15) is 12.4 Å². The van der Waals surface area contributed by atoms with Gasteiger partial charge in [0.15, 0.2) is 6.10 Å². The van der Waals surface area contributed by atoms with Gasteiger partial charge in [0, 0.05) is 11.3 Å². The number of carbonyl (C=O) groups is 3. The Kier molecular flexibility index (Phi) is 5.93. The molecule has 1 unspecified atom stereocenters. The molecule has 4 rings (SSSR count). The summed E-state index contributed by atoms with van der Waals surface area (Å²) in [5.41, 5.74) is 2.50. The van der Waals surface area contributed by atoms with Gasteiger partial charge in [-0.25, -0.2) is 0 Å². The van der Waals surface area contributed by atoms with E-state index in [9.17, 15) is 14.4 Å². The summed E-state index contributed by atoms with van der Waals surface area (Å²) in [7, 11) is 0. The molecule has 0 radical (unpaired) electrons. The van der Waals surface area contributed by atoms with Crippen LogP contribution in [-0.4, -0.2) is 23.9 Å². The molecule has 0 saturated carbocycles. The molecule has 0 fully saturated rings. The Morgan fingerprint density at radius 2 is 1.65 bits per heavy atom. The maximum atomic E-state index is 12.3. The molecule has 156 valence electrons. The minimum Gasteiger partial charge on any atom is -0.478 e. The van der Waals surface area contributed by atoms with Gasteiger partial charge >= 0.3 is 5.97 Å². The maximum Gasteiger partial charge on any atom is 0.310 e. The molecule has 2 amide bonds. The van der Waals surface area contributed by atoms with Crippen LogP contribution in [0.4, 0.5) is 11.4 Å². The molecule has 0 spiro atoms. The van der Waals surface area contributed by atoms with Gasteiger partial charge in [-0.05, 0) is 42.0 Å². The van der Waals surface area contributed by atoms with Crippen molar-refractivity contribution < 1.29 is 23.9 Å². The highest BCUT2D eigenvalue weighted by Crippen LogP contribution is 2.29. The predicted octanol–water partition coefficient (Wildman–Crippen LogP) is 3.77. The predicted molar refractivity (Wildman–Crippen MR) is 115 cm³/mol. The molecule has 1 heterocycles. The van der Waals surface area contributed by atoms with Crippen molar-refractivity contribution in [2.75, 3.05) is 10.6 Å². The third-order valence-corrected chi connectivity index (χ3v) is 4.71. The number of ether oxygens (including phenoxy) is 2. The lowest BCUT2D eigenvalue weighted by molar-refractivity contribution is -0.149. The van der Waals surface area contributed by atoms with Crippen LogP contribution in [0, 0.1) is 0 Å². The number of fused-ring (bicyclic) bond motifs is 1. The summed E-state index contributed by atoms with van der Waals surface area (Å²) in [6.07, 6.45) is -1.14. The highest BCUT2D eigenvalue weighted by Gasteiger charge is 2.30. The molecule has 3 aromatic carbocycles. The zero-order chi connectivity index (χ0) is 21.6. The number of nitrogens with one attached hydrogen (secondary N) is 2. The van der Waals surface area contributed by atoms with Crippen LogP contribution >= 0.6 is 0 Å². The van der Waals surface area contributed by atoms with E-state index in [1.54, 1.807) is 60.7 Å². The fraction of sp³-hybridized carbons (Fsp3) is 0.125. The number of carbonyl (C=O) groups excluding carboxylic acids is 3. The van der Waals surface area contributed by atoms with Crippen LogP contribution in [0.15, 0.2) is 78.9 Å². The molecular weight excluding hydrogens is 396 g/mol. The summed E-state index contributed by atoms with van der Waals surface area (Å²) in [4.78, 5) is 36.6. The Balaban J connectivity index is 1.28. The number of amides is 2. The van der Waals surface area contributed by atoms with E-state index in [-0.39, 0.29) is 24.8 Å². The van der Waals surface area contributed by atoms with Crippen LogP contribution in [-0.2, 0) is 20.9 Å². The fourth-order valence-electron chi connectivity index (χ4n) is 3.08. The van der Waals surface area contributed by atoms with Crippen molar-refractivity contribution in [2.45, 2.75) is 19.1 Å².